The van der Waals surface area contributed by atoms with E-state index in [0.717, 1.165) is 21.9 Å². The van der Waals surface area contributed by atoms with Gasteiger partial charge in [0.05, 0.1) is 35.8 Å². The first kappa shape index (κ1) is 21.1. The monoisotopic (exact) mass is 438 g/mol. The molecule has 0 aliphatic rings. The van der Waals surface area contributed by atoms with Crippen molar-refractivity contribution in [2.24, 2.45) is 7.05 Å². The molecule has 9 heteroatoms. The normalized spacial score (nSPS) is 11.0. The van der Waals surface area contributed by atoms with E-state index < -0.39 is 18.7 Å². The molecule has 2 aromatic carbocycles. The fraction of sp³-hybridized carbons (Fsp3) is 0.217. The van der Waals surface area contributed by atoms with Crippen molar-refractivity contribution in [3.63, 3.8) is 0 Å². The summed E-state index contributed by atoms with van der Waals surface area (Å²) in [5.41, 5.74) is 3.56. The zero-order chi connectivity index (χ0) is 22.8. The number of carbonyl (C=O) groups excluding carboxylic acids is 1. The van der Waals surface area contributed by atoms with E-state index >= 15 is 0 Å². The van der Waals surface area contributed by atoms with Gasteiger partial charge in [-0.2, -0.15) is 0 Å². The van der Waals surface area contributed by atoms with Gasteiger partial charge in [-0.05, 0) is 25.1 Å². The number of methoxy groups -OCH3 is 1. The van der Waals surface area contributed by atoms with Crippen molar-refractivity contribution in [3.05, 3.63) is 42.5 Å². The first-order chi connectivity index (χ1) is 15.4. The van der Waals surface area contributed by atoms with Crippen molar-refractivity contribution in [2.45, 2.75) is 6.92 Å². The smallest absolute Gasteiger partial charge is 0.497 e. The van der Waals surface area contributed by atoms with E-state index in [1.54, 1.807) is 25.1 Å². The molecule has 0 saturated carbocycles. The van der Waals surface area contributed by atoms with Gasteiger partial charge in [0.15, 0.2) is 6.61 Å². The second kappa shape index (κ2) is 8.54. The molecule has 0 radical (unpaired) electrons. The summed E-state index contributed by atoms with van der Waals surface area (Å²) >= 11 is 0. The molecule has 0 atom stereocenters. The van der Waals surface area contributed by atoms with Crippen LogP contribution in [0.4, 0.5) is 4.79 Å². The van der Waals surface area contributed by atoms with Gasteiger partial charge in [0.25, 0.3) is 0 Å². The average molecular weight is 438 g/mol. The molecule has 0 aliphatic carbocycles. The lowest BCUT2D eigenvalue weighted by Gasteiger charge is -2.13. The molecule has 0 amide bonds. The number of rotatable bonds is 7. The predicted octanol–water partition coefficient (Wildman–Crippen LogP) is 4.33. The van der Waals surface area contributed by atoms with Gasteiger partial charge in [-0.3, -0.25) is 0 Å². The maximum absolute atomic E-state index is 12.1. The third-order valence-corrected chi connectivity index (χ3v) is 5.07. The van der Waals surface area contributed by atoms with E-state index in [2.05, 4.69) is 4.98 Å². The van der Waals surface area contributed by atoms with Crippen molar-refractivity contribution in [1.29, 1.82) is 0 Å². The Balaban J connectivity index is 1.99. The van der Waals surface area contributed by atoms with Gasteiger partial charge >= 0.3 is 12.1 Å². The highest BCUT2D eigenvalue weighted by atomic mass is 16.7. The molecule has 4 rings (SSSR count). The SMILES string of the molecule is CCOC(=O)Oc1[nH]c2c3ccccc3n(C)c2c1-c1ccc(OC)cc1OCC(=O)O. The molecule has 166 valence electrons. The lowest BCUT2D eigenvalue weighted by Crippen LogP contribution is -2.12. The van der Waals surface area contributed by atoms with Crippen LogP contribution in [-0.2, 0) is 16.6 Å². The van der Waals surface area contributed by atoms with Crippen LogP contribution in [0, 0.1) is 0 Å². The number of aromatic amines is 1. The Morgan fingerprint density at radius 2 is 1.94 bits per heavy atom. The van der Waals surface area contributed by atoms with Crippen molar-refractivity contribution >= 4 is 34.1 Å². The fourth-order valence-corrected chi connectivity index (χ4v) is 3.75. The second-order valence-electron chi connectivity index (χ2n) is 6.96. The summed E-state index contributed by atoms with van der Waals surface area (Å²) in [7, 11) is 3.40. The number of carbonyl (C=O) groups is 2. The van der Waals surface area contributed by atoms with Gasteiger partial charge in [-0.25, -0.2) is 9.59 Å². The summed E-state index contributed by atoms with van der Waals surface area (Å²) < 4.78 is 23.3. The number of para-hydroxylation sites is 1. The number of ether oxygens (including phenoxy) is 4. The first-order valence-corrected chi connectivity index (χ1v) is 9.91. The highest BCUT2D eigenvalue weighted by Crippen LogP contribution is 2.45. The summed E-state index contributed by atoms with van der Waals surface area (Å²) in [6.45, 7) is 1.30. The van der Waals surface area contributed by atoms with Gasteiger partial charge in [0.2, 0.25) is 5.88 Å². The minimum Gasteiger partial charge on any atom is -0.497 e. The van der Waals surface area contributed by atoms with Crippen molar-refractivity contribution in [2.75, 3.05) is 20.3 Å². The summed E-state index contributed by atoms with van der Waals surface area (Å²) in [5, 5.41) is 10.1. The molecule has 0 bridgehead atoms. The van der Waals surface area contributed by atoms with Gasteiger partial charge in [-0.1, -0.05) is 18.2 Å². The lowest BCUT2D eigenvalue weighted by atomic mass is 10.1. The third-order valence-electron chi connectivity index (χ3n) is 5.07. The van der Waals surface area contributed by atoms with E-state index in [-0.39, 0.29) is 18.2 Å². The van der Waals surface area contributed by atoms with Crippen LogP contribution in [0.15, 0.2) is 42.5 Å². The number of hydrogen-bond acceptors (Lipinski definition) is 6. The maximum Gasteiger partial charge on any atom is 0.515 e. The van der Waals surface area contributed by atoms with Crippen LogP contribution in [0.25, 0.3) is 33.1 Å². The van der Waals surface area contributed by atoms with Crippen molar-refractivity contribution < 1.29 is 33.6 Å². The number of fused-ring (bicyclic) bond motifs is 3. The van der Waals surface area contributed by atoms with Crippen LogP contribution in [0.3, 0.4) is 0 Å². The molecule has 2 aromatic heterocycles. The quantitative estimate of drug-likeness (QED) is 0.413. The van der Waals surface area contributed by atoms with E-state index in [4.69, 9.17) is 24.1 Å². The Morgan fingerprint density at radius 3 is 2.66 bits per heavy atom. The molecule has 4 aromatic rings. The Labute approximate surface area is 183 Å². The number of aryl methyl sites for hydroxylation is 1. The van der Waals surface area contributed by atoms with Gasteiger partial charge in [-0.15, -0.1) is 0 Å². The van der Waals surface area contributed by atoms with Crippen LogP contribution in [-0.4, -0.2) is 47.1 Å². The number of H-pyrrole nitrogens is 1. The summed E-state index contributed by atoms with van der Waals surface area (Å²) in [4.78, 5) is 26.5. The van der Waals surface area contributed by atoms with Crippen LogP contribution >= 0.6 is 0 Å². The van der Waals surface area contributed by atoms with Crippen LogP contribution in [0.2, 0.25) is 0 Å². The Kier molecular flexibility index (Phi) is 5.63. The molecule has 9 nitrogen and oxygen atoms in total. The largest absolute Gasteiger partial charge is 0.515 e. The highest BCUT2D eigenvalue weighted by molar-refractivity contribution is 6.13. The Hall–Kier alpha value is -4.14. The third kappa shape index (κ3) is 3.68. The number of aliphatic carboxylic acids is 1. The van der Waals surface area contributed by atoms with Gasteiger partial charge in [0.1, 0.15) is 11.5 Å². The zero-order valence-electron chi connectivity index (χ0n) is 17.8. The van der Waals surface area contributed by atoms with Crippen molar-refractivity contribution in [1.82, 2.24) is 9.55 Å². The average Bonchev–Trinajstić information content (AvgIpc) is 3.27. The minimum atomic E-state index is -1.12. The molecular weight excluding hydrogens is 416 g/mol. The lowest BCUT2D eigenvalue weighted by molar-refractivity contribution is -0.139. The highest BCUT2D eigenvalue weighted by Gasteiger charge is 2.26. The molecule has 2 heterocycles. The number of hydrogen-bond donors (Lipinski definition) is 2. The predicted molar refractivity (Wildman–Crippen MR) is 118 cm³/mol. The van der Waals surface area contributed by atoms with E-state index in [1.165, 1.54) is 7.11 Å². The Bertz CT molecular complexity index is 1320. The molecule has 0 saturated heterocycles. The number of nitrogens with one attached hydrogen (secondary N) is 1. The second-order valence-corrected chi connectivity index (χ2v) is 6.96. The molecule has 2 N–H and O–H groups in total. The minimum absolute atomic E-state index is 0.160. The molecule has 0 unspecified atom stereocenters. The Morgan fingerprint density at radius 1 is 1.16 bits per heavy atom. The van der Waals surface area contributed by atoms with Crippen molar-refractivity contribution in [3.8, 4) is 28.5 Å². The first-order valence-electron chi connectivity index (χ1n) is 9.91. The number of carboxylic acid groups (broad SMARTS) is 1. The topological polar surface area (TPSA) is 112 Å². The molecule has 32 heavy (non-hydrogen) atoms. The van der Waals surface area contributed by atoms with Crippen LogP contribution in [0.5, 0.6) is 17.4 Å². The molecule has 0 aliphatic heterocycles. The zero-order valence-corrected chi connectivity index (χ0v) is 17.8. The van der Waals surface area contributed by atoms with E-state index in [1.807, 2.05) is 35.9 Å². The summed E-state index contributed by atoms with van der Waals surface area (Å²) in [6.07, 6.45) is -0.855. The number of aromatic nitrogens is 2. The van der Waals surface area contributed by atoms with Crippen LogP contribution < -0.4 is 14.2 Å². The number of nitrogens with zero attached hydrogens (tertiary/aromatic N) is 1. The van der Waals surface area contributed by atoms with E-state index in [9.17, 15) is 9.59 Å². The number of carboxylic acids is 1. The summed E-state index contributed by atoms with van der Waals surface area (Å²) in [5.74, 6) is -0.192. The van der Waals surface area contributed by atoms with Gasteiger partial charge < -0.3 is 33.6 Å². The van der Waals surface area contributed by atoms with Crippen LogP contribution in [0.1, 0.15) is 6.92 Å². The fourth-order valence-electron chi connectivity index (χ4n) is 3.75. The maximum atomic E-state index is 12.1. The number of benzene rings is 2. The summed E-state index contributed by atoms with van der Waals surface area (Å²) in [6, 6.07) is 12.8. The molecule has 0 spiro atoms. The van der Waals surface area contributed by atoms with E-state index in [0.29, 0.717) is 16.9 Å². The standard InChI is InChI=1S/C23H22N2O7/c1-4-30-23(28)32-22-19(15-10-9-13(29-3)11-17(15)31-12-18(26)27)21-20(24-22)14-7-5-6-8-16(14)25(21)2/h5-11,24H,4,12H2,1-3H3,(H,26,27). The molecule has 0 fully saturated rings. The van der Waals surface area contributed by atoms with Gasteiger partial charge in [0, 0.05) is 24.1 Å². The molecular formula is C23H22N2O7.